The van der Waals surface area contributed by atoms with Crippen molar-refractivity contribution in [1.82, 2.24) is 15.3 Å². The zero-order chi connectivity index (χ0) is 23.3. The van der Waals surface area contributed by atoms with Crippen LogP contribution in [0.5, 0.6) is 0 Å². The monoisotopic (exact) mass is 476 g/mol. The van der Waals surface area contributed by atoms with Crippen molar-refractivity contribution in [1.29, 1.82) is 0 Å². The van der Waals surface area contributed by atoms with Gasteiger partial charge in [0.25, 0.3) is 12.3 Å². The van der Waals surface area contributed by atoms with Gasteiger partial charge in [0.15, 0.2) is 9.84 Å². The van der Waals surface area contributed by atoms with Crippen molar-refractivity contribution >= 4 is 33.0 Å². The molecule has 1 aromatic heterocycles. The molecular formula is C19H20ClF3N4O3S. The van der Waals surface area contributed by atoms with Gasteiger partial charge in [-0.15, -0.1) is 0 Å². The molecule has 1 amide bonds. The smallest absolute Gasteiger partial charge is 0.289 e. The summed E-state index contributed by atoms with van der Waals surface area (Å²) >= 11 is 5.94. The Hall–Kier alpha value is -2.66. The molecule has 0 radical (unpaired) electrons. The van der Waals surface area contributed by atoms with Crippen molar-refractivity contribution in [2.75, 3.05) is 11.6 Å². The van der Waals surface area contributed by atoms with Crippen LogP contribution < -0.4 is 10.6 Å². The number of benzene rings is 1. The summed E-state index contributed by atoms with van der Waals surface area (Å²) in [7, 11) is -3.39. The van der Waals surface area contributed by atoms with E-state index in [1.54, 1.807) is 13.0 Å². The second kappa shape index (κ2) is 10.1. The standard InChI is InChI=1S/C19H20ClF3N4O3S/c1-10(7-8-31(3,29)30)25-19(28)18-24-9-14(16(27-18)17(22)23)26-11(2)12-5-4-6-13(21)15(12)20/h4-11,17,26H,1-3H3,(H,25,28)/b8-7+/t10-,11?/m1/s1. The average molecular weight is 477 g/mol. The lowest BCUT2D eigenvalue weighted by atomic mass is 10.1. The van der Waals surface area contributed by atoms with Crippen LogP contribution >= 0.6 is 11.6 Å². The van der Waals surface area contributed by atoms with Gasteiger partial charge in [0.1, 0.15) is 11.5 Å². The van der Waals surface area contributed by atoms with E-state index in [1.165, 1.54) is 25.1 Å². The Bertz CT molecular complexity index is 1100. The molecule has 2 rings (SSSR count). The molecule has 0 bridgehead atoms. The minimum atomic E-state index is -3.39. The van der Waals surface area contributed by atoms with E-state index in [2.05, 4.69) is 20.6 Å². The SMILES string of the molecule is CC(Nc1cnc(C(=O)N[C@H](C)/C=C/S(C)(=O)=O)nc1C(F)F)c1cccc(F)c1Cl. The second-order valence-corrected chi connectivity index (χ2v) is 9.03. The lowest BCUT2D eigenvalue weighted by molar-refractivity contribution is 0.0934. The van der Waals surface area contributed by atoms with E-state index in [-0.39, 0.29) is 10.7 Å². The van der Waals surface area contributed by atoms with Gasteiger partial charge >= 0.3 is 0 Å². The van der Waals surface area contributed by atoms with Gasteiger partial charge in [-0.25, -0.2) is 31.6 Å². The molecule has 1 aromatic carbocycles. The van der Waals surface area contributed by atoms with Crippen molar-refractivity contribution in [3.05, 3.63) is 63.8 Å². The first-order chi connectivity index (χ1) is 14.4. The topological polar surface area (TPSA) is 101 Å². The quantitative estimate of drug-likeness (QED) is 0.596. The minimum Gasteiger partial charge on any atom is -0.376 e. The molecule has 1 heterocycles. The van der Waals surface area contributed by atoms with Crippen LogP contribution in [-0.4, -0.2) is 36.6 Å². The summed E-state index contributed by atoms with van der Waals surface area (Å²) in [5.41, 5.74) is -0.529. The van der Waals surface area contributed by atoms with E-state index >= 15 is 0 Å². The molecule has 1 unspecified atom stereocenters. The molecular weight excluding hydrogens is 457 g/mol. The van der Waals surface area contributed by atoms with Crippen LogP contribution in [0.25, 0.3) is 0 Å². The average Bonchev–Trinajstić information content (AvgIpc) is 2.68. The summed E-state index contributed by atoms with van der Waals surface area (Å²) in [5, 5.41) is 5.92. The molecule has 2 N–H and O–H groups in total. The van der Waals surface area contributed by atoms with Crippen molar-refractivity contribution in [3.63, 3.8) is 0 Å². The van der Waals surface area contributed by atoms with Gasteiger partial charge in [-0.2, -0.15) is 0 Å². The number of sulfone groups is 1. The Balaban J connectivity index is 2.23. The Morgan fingerprint density at radius 1 is 1.26 bits per heavy atom. The molecule has 0 aliphatic carbocycles. The van der Waals surface area contributed by atoms with Gasteiger partial charge in [-0.3, -0.25) is 4.79 Å². The predicted octanol–water partition coefficient (Wildman–Crippen LogP) is 4.06. The third-order valence-corrected chi connectivity index (χ3v) is 5.07. The van der Waals surface area contributed by atoms with E-state index in [0.29, 0.717) is 5.56 Å². The van der Waals surface area contributed by atoms with E-state index in [9.17, 15) is 26.4 Å². The molecule has 7 nitrogen and oxygen atoms in total. The van der Waals surface area contributed by atoms with Crippen LogP contribution in [0.1, 0.15) is 48.2 Å². The molecule has 0 saturated heterocycles. The van der Waals surface area contributed by atoms with Crippen LogP contribution in [-0.2, 0) is 9.84 Å². The molecule has 0 aliphatic rings. The molecule has 0 aliphatic heterocycles. The van der Waals surface area contributed by atoms with Gasteiger partial charge in [0, 0.05) is 17.7 Å². The highest BCUT2D eigenvalue weighted by Gasteiger charge is 2.22. The number of rotatable bonds is 8. The van der Waals surface area contributed by atoms with Gasteiger partial charge in [0.05, 0.1) is 22.9 Å². The molecule has 12 heteroatoms. The highest BCUT2D eigenvalue weighted by Crippen LogP contribution is 2.31. The Labute approximate surface area is 182 Å². The number of anilines is 1. The summed E-state index contributed by atoms with van der Waals surface area (Å²) in [6.45, 7) is 3.08. The molecule has 31 heavy (non-hydrogen) atoms. The fraction of sp³-hybridized carbons (Fsp3) is 0.316. The van der Waals surface area contributed by atoms with Crippen LogP contribution in [0.2, 0.25) is 5.02 Å². The molecule has 0 spiro atoms. The molecule has 2 atom stereocenters. The maximum absolute atomic E-state index is 13.7. The van der Waals surface area contributed by atoms with Crippen LogP contribution in [0.4, 0.5) is 18.9 Å². The highest BCUT2D eigenvalue weighted by atomic mass is 35.5. The van der Waals surface area contributed by atoms with E-state index < -0.39 is 51.6 Å². The first kappa shape index (κ1) is 24.6. The third-order valence-electron chi connectivity index (χ3n) is 4.02. The number of hydrogen-bond donors (Lipinski definition) is 2. The normalized spacial score (nSPS) is 13.9. The first-order valence-corrected chi connectivity index (χ1v) is 11.3. The van der Waals surface area contributed by atoms with Crippen molar-refractivity contribution < 1.29 is 26.4 Å². The van der Waals surface area contributed by atoms with Gasteiger partial charge in [-0.05, 0) is 25.5 Å². The van der Waals surface area contributed by atoms with Crippen LogP contribution in [0.15, 0.2) is 35.9 Å². The predicted molar refractivity (Wildman–Crippen MR) is 111 cm³/mol. The number of carbonyl (C=O) groups excluding carboxylic acids is 1. The Morgan fingerprint density at radius 2 is 1.94 bits per heavy atom. The van der Waals surface area contributed by atoms with Crippen molar-refractivity contribution in [2.45, 2.75) is 32.4 Å². The molecule has 168 valence electrons. The zero-order valence-electron chi connectivity index (χ0n) is 16.7. The van der Waals surface area contributed by atoms with Crippen molar-refractivity contribution in [2.24, 2.45) is 0 Å². The maximum Gasteiger partial charge on any atom is 0.289 e. The fourth-order valence-corrected chi connectivity index (χ4v) is 3.34. The zero-order valence-corrected chi connectivity index (χ0v) is 18.3. The fourth-order valence-electron chi connectivity index (χ4n) is 2.53. The van der Waals surface area contributed by atoms with Gasteiger partial charge < -0.3 is 10.6 Å². The number of aromatic nitrogens is 2. The lowest BCUT2D eigenvalue weighted by Gasteiger charge is -2.19. The number of nitrogens with zero attached hydrogens (tertiary/aromatic N) is 2. The largest absolute Gasteiger partial charge is 0.376 e. The molecule has 0 saturated carbocycles. The molecule has 2 aromatic rings. The van der Waals surface area contributed by atoms with Crippen LogP contribution in [0, 0.1) is 5.82 Å². The second-order valence-electron chi connectivity index (χ2n) is 6.72. The Kier molecular flexibility index (Phi) is 8.02. The van der Waals surface area contributed by atoms with Crippen molar-refractivity contribution in [3.8, 4) is 0 Å². The number of nitrogens with one attached hydrogen (secondary N) is 2. The number of hydrogen-bond acceptors (Lipinski definition) is 6. The summed E-state index contributed by atoms with van der Waals surface area (Å²) in [6.07, 6.45) is 0.195. The Morgan fingerprint density at radius 3 is 2.55 bits per heavy atom. The number of alkyl halides is 2. The summed E-state index contributed by atoms with van der Waals surface area (Å²) in [6, 6.07) is 2.77. The summed E-state index contributed by atoms with van der Waals surface area (Å²) in [4.78, 5) is 19.7. The van der Waals surface area contributed by atoms with E-state index in [1.807, 2.05) is 0 Å². The number of amides is 1. The molecule has 0 fully saturated rings. The van der Waals surface area contributed by atoms with Crippen LogP contribution in [0.3, 0.4) is 0 Å². The first-order valence-electron chi connectivity index (χ1n) is 8.93. The third kappa shape index (κ3) is 6.93. The van der Waals surface area contributed by atoms with E-state index in [0.717, 1.165) is 17.9 Å². The lowest BCUT2D eigenvalue weighted by Crippen LogP contribution is -2.32. The summed E-state index contributed by atoms with van der Waals surface area (Å²) in [5.74, 6) is -2.03. The van der Waals surface area contributed by atoms with Gasteiger partial charge in [0.2, 0.25) is 5.82 Å². The maximum atomic E-state index is 13.7. The number of carbonyl (C=O) groups is 1. The number of halogens is 4. The highest BCUT2D eigenvalue weighted by molar-refractivity contribution is 7.93. The minimum absolute atomic E-state index is 0.144. The van der Waals surface area contributed by atoms with E-state index in [4.69, 9.17) is 11.6 Å². The van der Waals surface area contributed by atoms with Gasteiger partial charge in [-0.1, -0.05) is 29.8 Å². The summed E-state index contributed by atoms with van der Waals surface area (Å²) < 4.78 is 63.0.